The molecule has 1 amide bonds. The van der Waals surface area contributed by atoms with E-state index in [1.807, 2.05) is 60.7 Å². The van der Waals surface area contributed by atoms with Crippen LogP contribution in [0.15, 0.2) is 146 Å². The van der Waals surface area contributed by atoms with E-state index in [1.54, 1.807) is 0 Å². The van der Waals surface area contributed by atoms with Gasteiger partial charge in [0.2, 0.25) is 0 Å². The monoisotopic (exact) mass is 728 g/mol. The van der Waals surface area contributed by atoms with E-state index in [1.165, 1.54) is 22.5 Å². The first-order valence-electron chi connectivity index (χ1n) is 18.8. The predicted molar refractivity (Wildman–Crippen MR) is 216 cm³/mol. The average Bonchev–Trinajstić information content (AvgIpc) is 3.25. The maximum Gasteiger partial charge on any atom is 0.271 e. The highest BCUT2D eigenvalue weighted by Gasteiger charge is 2.33. The highest BCUT2D eigenvalue weighted by Crippen LogP contribution is 2.39. The van der Waals surface area contributed by atoms with Crippen LogP contribution in [0, 0.1) is 0 Å². The normalized spacial score (nSPS) is 17.7. The lowest BCUT2D eigenvalue weighted by atomic mass is 9.98. The summed E-state index contributed by atoms with van der Waals surface area (Å²) in [6, 6.07) is 47.3. The van der Waals surface area contributed by atoms with Gasteiger partial charge in [0.1, 0.15) is 5.69 Å². The van der Waals surface area contributed by atoms with Crippen molar-refractivity contribution in [3.63, 3.8) is 0 Å². The second-order valence-electron chi connectivity index (χ2n) is 14.3. The van der Waals surface area contributed by atoms with Crippen molar-refractivity contribution in [2.75, 3.05) is 13.6 Å². The Morgan fingerprint density at radius 3 is 2.33 bits per heavy atom. The standard InChI is InChI=1S/C47H44N4O4/c1-31(38-23-20-34-9-3-4-10-40(34)25-38)51(2)29-41-26-45(36-16-14-32(30-52)15-17-36)55-47(54-41)37-21-18-35(19-22-37)39-11-7-8-33(24-39)27-49-46(53)44-28-48-42-12-5-6-13-43(42)50-44/h3-25,28,31,41,45,47,52H,26-27,29-30H2,1-2H3,(H,49,53)/t31-,41-,45+,47+/m1/s1. The Morgan fingerprint density at radius 1 is 0.782 bits per heavy atom. The van der Waals surface area contributed by atoms with Crippen LogP contribution in [0.3, 0.4) is 0 Å². The quantitative estimate of drug-likeness (QED) is 0.137. The summed E-state index contributed by atoms with van der Waals surface area (Å²) in [6.07, 6.45) is 1.41. The molecule has 2 N–H and O–H groups in total. The van der Waals surface area contributed by atoms with Gasteiger partial charge in [0.05, 0.1) is 36.0 Å². The molecule has 1 aliphatic rings. The van der Waals surface area contributed by atoms with Crippen LogP contribution in [0.25, 0.3) is 32.9 Å². The summed E-state index contributed by atoms with van der Waals surface area (Å²) >= 11 is 0. The van der Waals surface area contributed by atoms with E-state index in [4.69, 9.17) is 9.47 Å². The molecule has 7 aromatic rings. The number of likely N-dealkylation sites (N-methyl/N-ethyl adjacent to an activating group) is 1. The number of rotatable bonds is 11. The van der Waals surface area contributed by atoms with Crippen LogP contribution in [-0.4, -0.2) is 45.6 Å². The molecule has 1 aliphatic heterocycles. The van der Waals surface area contributed by atoms with E-state index in [0.29, 0.717) is 18.5 Å². The fraction of sp³-hybridized carbons (Fsp3) is 0.213. The van der Waals surface area contributed by atoms with Gasteiger partial charge in [0.15, 0.2) is 6.29 Å². The Labute approximate surface area is 321 Å². The molecule has 6 aromatic carbocycles. The Balaban J connectivity index is 0.964. The molecule has 1 fully saturated rings. The molecule has 0 spiro atoms. The zero-order chi connectivity index (χ0) is 37.7. The molecule has 276 valence electrons. The summed E-state index contributed by atoms with van der Waals surface area (Å²) in [7, 11) is 2.16. The fourth-order valence-electron chi connectivity index (χ4n) is 7.27. The highest BCUT2D eigenvalue weighted by molar-refractivity contribution is 5.93. The van der Waals surface area contributed by atoms with Gasteiger partial charge in [-0.15, -0.1) is 0 Å². The lowest BCUT2D eigenvalue weighted by molar-refractivity contribution is -0.253. The van der Waals surface area contributed by atoms with Crippen LogP contribution in [0.4, 0.5) is 0 Å². The summed E-state index contributed by atoms with van der Waals surface area (Å²) in [5.74, 6) is -0.268. The van der Waals surface area contributed by atoms with E-state index >= 15 is 0 Å². The smallest absolute Gasteiger partial charge is 0.271 e. The molecule has 0 bridgehead atoms. The third-order valence-corrected chi connectivity index (χ3v) is 10.6. The lowest BCUT2D eigenvalue weighted by Crippen LogP contribution is -2.38. The first-order chi connectivity index (χ1) is 26.9. The highest BCUT2D eigenvalue weighted by atomic mass is 16.7. The summed E-state index contributed by atoms with van der Waals surface area (Å²) < 4.78 is 13.4. The SMILES string of the molecule is C[C@H](c1ccc2ccccc2c1)N(C)C[C@H]1C[C@@H](c2ccc(CO)cc2)O[C@@H](c2ccc(-c3cccc(CNC(=O)c4cnc5ccccc5n4)c3)cc2)O1. The topological polar surface area (TPSA) is 96.8 Å². The van der Waals surface area contributed by atoms with E-state index in [9.17, 15) is 9.90 Å². The van der Waals surface area contributed by atoms with Crippen molar-refractivity contribution in [3.05, 3.63) is 179 Å². The predicted octanol–water partition coefficient (Wildman–Crippen LogP) is 9.11. The third kappa shape index (κ3) is 8.33. The molecule has 0 unspecified atom stereocenters. The lowest BCUT2D eigenvalue weighted by Gasteiger charge is -2.39. The second-order valence-corrected chi connectivity index (χ2v) is 14.3. The number of aliphatic hydroxyl groups is 1. The van der Waals surface area contributed by atoms with Crippen molar-refractivity contribution in [2.45, 2.75) is 51.0 Å². The Bertz CT molecular complexity index is 2420. The van der Waals surface area contributed by atoms with Crippen molar-refractivity contribution in [2.24, 2.45) is 0 Å². The van der Waals surface area contributed by atoms with Crippen LogP contribution in [0.1, 0.15) is 70.1 Å². The maximum atomic E-state index is 12.9. The van der Waals surface area contributed by atoms with Crippen LogP contribution < -0.4 is 5.32 Å². The molecule has 0 radical (unpaired) electrons. The van der Waals surface area contributed by atoms with Gasteiger partial charge in [-0.3, -0.25) is 14.7 Å². The molecule has 8 heteroatoms. The van der Waals surface area contributed by atoms with Crippen LogP contribution in [0.5, 0.6) is 0 Å². The van der Waals surface area contributed by atoms with Crippen molar-refractivity contribution < 1.29 is 19.4 Å². The van der Waals surface area contributed by atoms with Gasteiger partial charge in [-0.1, -0.05) is 115 Å². The van der Waals surface area contributed by atoms with Crippen molar-refractivity contribution >= 4 is 27.7 Å². The van der Waals surface area contributed by atoms with Gasteiger partial charge >= 0.3 is 0 Å². The summed E-state index contributed by atoms with van der Waals surface area (Å²) in [4.78, 5) is 24.1. The zero-order valence-electron chi connectivity index (χ0n) is 31.0. The minimum atomic E-state index is -0.556. The number of carbonyl (C=O) groups is 1. The number of fused-ring (bicyclic) bond motifs is 2. The van der Waals surface area contributed by atoms with Crippen molar-refractivity contribution in [1.29, 1.82) is 0 Å². The Morgan fingerprint density at radius 2 is 1.53 bits per heavy atom. The van der Waals surface area contributed by atoms with Gasteiger partial charge in [-0.25, -0.2) is 4.98 Å². The minimum absolute atomic E-state index is 0.00201. The number of amides is 1. The first-order valence-corrected chi connectivity index (χ1v) is 18.8. The summed E-state index contributed by atoms with van der Waals surface area (Å²) in [6.45, 7) is 3.34. The number of aromatic nitrogens is 2. The number of para-hydroxylation sites is 2. The molecule has 4 atom stereocenters. The van der Waals surface area contributed by atoms with E-state index in [2.05, 4.69) is 113 Å². The molecular formula is C47H44N4O4. The van der Waals surface area contributed by atoms with Crippen LogP contribution in [0.2, 0.25) is 0 Å². The minimum Gasteiger partial charge on any atom is -0.392 e. The molecule has 0 aliphatic carbocycles. The van der Waals surface area contributed by atoms with Gasteiger partial charge in [-0.05, 0) is 82.4 Å². The van der Waals surface area contributed by atoms with Crippen molar-refractivity contribution in [1.82, 2.24) is 20.2 Å². The number of aliphatic hydroxyl groups excluding tert-OH is 1. The molecule has 8 nitrogen and oxygen atoms in total. The van der Waals surface area contributed by atoms with Crippen LogP contribution >= 0.6 is 0 Å². The zero-order valence-corrected chi connectivity index (χ0v) is 31.0. The number of nitrogens with one attached hydrogen (secondary N) is 1. The molecule has 0 saturated carbocycles. The number of hydrogen-bond acceptors (Lipinski definition) is 7. The molecule has 55 heavy (non-hydrogen) atoms. The summed E-state index contributed by atoms with van der Waals surface area (Å²) in [5.41, 5.74) is 8.93. The van der Waals surface area contributed by atoms with E-state index < -0.39 is 6.29 Å². The number of benzene rings is 6. The Kier molecular flexibility index (Phi) is 10.7. The van der Waals surface area contributed by atoms with E-state index in [-0.39, 0.29) is 36.5 Å². The van der Waals surface area contributed by atoms with Gasteiger partial charge < -0.3 is 19.9 Å². The largest absolute Gasteiger partial charge is 0.392 e. The molecule has 1 saturated heterocycles. The molecular weight excluding hydrogens is 685 g/mol. The van der Waals surface area contributed by atoms with Gasteiger partial charge in [0.25, 0.3) is 5.91 Å². The first kappa shape index (κ1) is 36.2. The molecule has 8 rings (SSSR count). The number of carbonyl (C=O) groups excluding carboxylic acids is 1. The Hall–Kier alpha value is -5.77. The molecule has 1 aromatic heterocycles. The van der Waals surface area contributed by atoms with Crippen molar-refractivity contribution in [3.8, 4) is 11.1 Å². The van der Waals surface area contributed by atoms with Crippen LogP contribution in [-0.2, 0) is 22.6 Å². The van der Waals surface area contributed by atoms with E-state index in [0.717, 1.165) is 45.4 Å². The number of ether oxygens (including phenoxy) is 2. The average molecular weight is 729 g/mol. The summed E-state index contributed by atoms with van der Waals surface area (Å²) in [5, 5.41) is 15.1. The fourth-order valence-corrected chi connectivity index (χ4v) is 7.27. The number of hydrogen-bond donors (Lipinski definition) is 2. The maximum absolute atomic E-state index is 12.9. The number of nitrogens with zero attached hydrogens (tertiary/aromatic N) is 3. The third-order valence-electron chi connectivity index (χ3n) is 10.6. The van der Waals surface area contributed by atoms with Gasteiger partial charge in [0, 0.05) is 31.1 Å². The van der Waals surface area contributed by atoms with Gasteiger partial charge in [-0.2, -0.15) is 0 Å². The molecule has 2 heterocycles. The second kappa shape index (κ2) is 16.3.